The van der Waals surface area contributed by atoms with Crippen molar-refractivity contribution in [3.8, 4) is 0 Å². The Hall–Kier alpha value is -0.780. The van der Waals surface area contributed by atoms with E-state index in [-0.39, 0.29) is 23.3 Å². The van der Waals surface area contributed by atoms with E-state index in [9.17, 15) is 9.59 Å². The van der Waals surface area contributed by atoms with Crippen LogP contribution in [0.2, 0.25) is 0 Å². The highest BCUT2D eigenvalue weighted by Gasteiger charge is 2.37. The van der Waals surface area contributed by atoms with E-state index in [2.05, 4.69) is 15.9 Å². The molecule has 6 heteroatoms. The smallest absolute Gasteiger partial charge is 0.410 e. The van der Waals surface area contributed by atoms with Gasteiger partial charge in [0.25, 0.3) is 0 Å². The van der Waals surface area contributed by atoms with Crippen LogP contribution in [0.3, 0.4) is 0 Å². The Balaban J connectivity index is 2.52. The summed E-state index contributed by atoms with van der Waals surface area (Å²) in [6.07, 6.45) is 2.15. The molecule has 1 rings (SSSR count). The molecule has 1 heterocycles. The largest absolute Gasteiger partial charge is 0.459 e. The van der Waals surface area contributed by atoms with Crippen molar-refractivity contribution in [3.05, 3.63) is 0 Å². The summed E-state index contributed by atoms with van der Waals surface area (Å²) in [5.74, 6) is -0.00438. The molecule has 0 spiro atoms. The second-order valence-corrected chi connectivity index (χ2v) is 7.51. The first-order chi connectivity index (χ1) is 10.1. The number of likely N-dealkylation sites (tertiary alicyclic amines) is 1. The van der Waals surface area contributed by atoms with Gasteiger partial charge in [0, 0.05) is 19.0 Å². The quantitative estimate of drug-likeness (QED) is 0.540. The molecule has 1 aliphatic rings. The number of alkyl halides is 1. The first-order valence-corrected chi connectivity index (χ1v) is 8.99. The number of hydrogen-bond acceptors (Lipinski definition) is 4. The van der Waals surface area contributed by atoms with Crippen LogP contribution in [-0.2, 0) is 14.3 Å². The molecule has 1 fully saturated rings. The summed E-state index contributed by atoms with van der Waals surface area (Å²) in [4.78, 5) is 25.4. The average Bonchev–Trinajstić information content (AvgIpc) is 2.46. The molecule has 0 bridgehead atoms. The van der Waals surface area contributed by atoms with Gasteiger partial charge < -0.3 is 14.4 Å². The zero-order valence-electron chi connectivity index (χ0n) is 14.3. The first-order valence-electron chi connectivity index (χ1n) is 7.87. The van der Waals surface area contributed by atoms with Crippen LogP contribution in [0.25, 0.3) is 0 Å². The number of amides is 1. The lowest BCUT2D eigenvalue weighted by atomic mass is 9.83. The fourth-order valence-electron chi connectivity index (χ4n) is 2.53. The number of nitrogens with zero attached hydrogens (tertiary/aromatic N) is 1. The van der Waals surface area contributed by atoms with Gasteiger partial charge in [-0.3, -0.25) is 4.79 Å². The van der Waals surface area contributed by atoms with Gasteiger partial charge in [0.2, 0.25) is 0 Å². The van der Waals surface area contributed by atoms with Crippen LogP contribution in [0, 0.1) is 5.92 Å². The summed E-state index contributed by atoms with van der Waals surface area (Å²) >= 11 is 3.11. The zero-order chi connectivity index (χ0) is 17.0. The normalized spacial score (nSPS) is 17.3. The molecular formula is C16H28BrNO4. The minimum absolute atomic E-state index is 0.202. The Morgan fingerprint density at radius 1 is 1.14 bits per heavy atom. The molecule has 1 saturated heterocycles. The van der Waals surface area contributed by atoms with Crippen LogP contribution in [0.4, 0.5) is 4.79 Å². The lowest BCUT2D eigenvalue weighted by molar-refractivity contribution is -0.160. The van der Waals surface area contributed by atoms with Crippen LogP contribution in [-0.4, -0.2) is 46.6 Å². The van der Waals surface area contributed by atoms with Crippen LogP contribution < -0.4 is 0 Å². The van der Waals surface area contributed by atoms with E-state index in [1.807, 2.05) is 34.6 Å². The minimum Gasteiger partial charge on any atom is -0.459 e. The molecule has 5 nitrogen and oxygen atoms in total. The summed E-state index contributed by atoms with van der Waals surface area (Å²) in [5.41, 5.74) is -0.942. The molecule has 0 unspecified atom stereocenters. The van der Waals surface area contributed by atoms with Crippen molar-refractivity contribution in [2.75, 3.05) is 18.4 Å². The Bertz CT molecular complexity index is 401. The number of rotatable bonds is 5. The van der Waals surface area contributed by atoms with Gasteiger partial charge in [-0.2, -0.15) is 0 Å². The van der Waals surface area contributed by atoms with Gasteiger partial charge in [0.1, 0.15) is 16.5 Å². The van der Waals surface area contributed by atoms with E-state index >= 15 is 0 Å². The number of carbonyl (C=O) groups excluding carboxylic acids is 2. The Kier molecular flexibility index (Phi) is 6.71. The van der Waals surface area contributed by atoms with E-state index in [1.54, 1.807) is 4.90 Å². The molecule has 0 atom stereocenters. The van der Waals surface area contributed by atoms with Crippen LogP contribution in [0.15, 0.2) is 0 Å². The number of ether oxygens (including phenoxy) is 2. The predicted octanol–water partition coefficient (Wildman–Crippen LogP) is 3.74. The minimum atomic E-state index is -0.510. The van der Waals surface area contributed by atoms with Gasteiger partial charge in [0.05, 0.1) is 0 Å². The standard InChI is InChI=1S/C16H28BrNO4/c1-6-15(2,3)22-14(20)18-9-7-12(8-10-18)16(4,5)21-13(19)11-17/h12H,6-11H2,1-5H3. The van der Waals surface area contributed by atoms with Crippen molar-refractivity contribution >= 4 is 28.0 Å². The fourth-order valence-corrected chi connectivity index (χ4v) is 2.65. The molecule has 22 heavy (non-hydrogen) atoms. The first kappa shape index (κ1) is 19.3. The van der Waals surface area contributed by atoms with E-state index in [4.69, 9.17) is 9.47 Å². The SMILES string of the molecule is CCC(C)(C)OC(=O)N1CCC(C(C)(C)OC(=O)CBr)CC1. The Morgan fingerprint density at radius 2 is 1.68 bits per heavy atom. The highest BCUT2D eigenvalue weighted by Crippen LogP contribution is 2.32. The third kappa shape index (κ3) is 5.45. The number of halogens is 1. The summed E-state index contributed by atoms with van der Waals surface area (Å²) < 4.78 is 11.0. The summed E-state index contributed by atoms with van der Waals surface area (Å²) in [7, 11) is 0. The van der Waals surface area contributed by atoms with Crippen LogP contribution in [0.1, 0.15) is 53.9 Å². The molecule has 128 valence electrons. The number of esters is 1. The summed E-state index contributed by atoms with van der Waals surface area (Å²) in [6, 6.07) is 0. The van der Waals surface area contributed by atoms with Crippen molar-refractivity contribution in [3.63, 3.8) is 0 Å². The topological polar surface area (TPSA) is 55.8 Å². The molecule has 0 aliphatic carbocycles. The third-order valence-corrected chi connectivity index (χ3v) is 4.90. The molecule has 0 N–H and O–H groups in total. The number of carbonyl (C=O) groups is 2. The molecule has 0 aromatic carbocycles. The van der Waals surface area contributed by atoms with Gasteiger partial charge in [0.15, 0.2) is 0 Å². The molecule has 0 radical (unpaired) electrons. The molecule has 1 aliphatic heterocycles. The maximum atomic E-state index is 12.2. The van der Waals surface area contributed by atoms with Crippen molar-refractivity contribution in [1.29, 1.82) is 0 Å². The van der Waals surface area contributed by atoms with Crippen molar-refractivity contribution in [1.82, 2.24) is 4.90 Å². The van der Waals surface area contributed by atoms with Crippen LogP contribution >= 0.6 is 15.9 Å². The molecule has 0 saturated carbocycles. The third-order valence-electron chi connectivity index (χ3n) is 4.44. The second kappa shape index (κ2) is 7.66. The van der Waals surface area contributed by atoms with Gasteiger partial charge in [-0.05, 0) is 47.0 Å². The van der Waals surface area contributed by atoms with Gasteiger partial charge >= 0.3 is 12.1 Å². The number of hydrogen-bond donors (Lipinski definition) is 0. The van der Waals surface area contributed by atoms with Crippen molar-refractivity contribution in [2.24, 2.45) is 5.92 Å². The second-order valence-electron chi connectivity index (χ2n) is 6.95. The monoisotopic (exact) mass is 377 g/mol. The molecule has 0 aromatic heterocycles. The van der Waals surface area contributed by atoms with E-state index < -0.39 is 11.2 Å². The number of piperidine rings is 1. The highest BCUT2D eigenvalue weighted by molar-refractivity contribution is 9.09. The Labute approximate surface area is 141 Å². The lowest BCUT2D eigenvalue weighted by Gasteiger charge is -2.40. The molecular weight excluding hydrogens is 350 g/mol. The maximum Gasteiger partial charge on any atom is 0.410 e. The van der Waals surface area contributed by atoms with E-state index in [1.165, 1.54) is 0 Å². The molecule has 1 amide bonds. The van der Waals surface area contributed by atoms with Gasteiger partial charge in [-0.1, -0.05) is 22.9 Å². The highest BCUT2D eigenvalue weighted by atomic mass is 79.9. The van der Waals surface area contributed by atoms with Crippen molar-refractivity contribution < 1.29 is 19.1 Å². The van der Waals surface area contributed by atoms with E-state index in [0.29, 0.717) is 13.1 Å². The summed E-state index contributed by atoms with van der Waals surface area (Å²) in [6.45, 7) is 11.0. The van der Waals surface area contributed by atoms with Gasteiger partial charge in [-0.15, -0.1) is 0 Å². The zero-order valence-corrected chi connectivity index (χ0v) is 15.9. The Morgan fingerprint density at radius 3 is 2.14 bits per heavy atom. The summed E-state index contributed by atoms with van der Waals surface area (Å²) in [5, 5.41) is 0.202. The van der Waals surface area contributed by atoms with E-state index in [0.717, 1.165) is 19.3 Å². The predicted molar refractivity (Wildman–Crippen MR) is 89.1 cm³/mol. The lowest BCUT2D eigenvalue weighted by Crippen LogP contribution is -2.47. The van der Waals surface area contributed by atoms with Crippen LogP contribution in [0.5, 0.6) is 0 Å². The van der Waals surface area contributed by atoms with Crippen molar-refractivity contribution in [2.45, 2.75) is 65.1 Å². The fraction of sp³-hybridized carbons (Fsp3) is 0.875. The molecule has 0 aromatic rings. The average molecular weight is 378 g/mol. The van der Waals surface area contributed by atoms with Gasteiger partial charge in [-0.25, -0.2) is 4.79 Å². The maximum absolute atomic E-state index is 12.2.